The minimum absolute atomic E-state index is 0.0825. The van der Waals surface area contributed by atoms with Gasteiger partial charge >= 0.3 is 6.18 Å². The number of Topliss-reactive ketones (excluding diaryl/α,β-unsaturated/α-hetero) is 1. The summed E-state index contributed by atoms with van der Waals surface area (Å²) in [6, 6.07) is 8.73. The van der Waals surface area contributed by atoms with Crippen molar-refractivity contribution in [2.75, 3.05) is 13.2 Å². The molecule has 0 bridgehead atoms. The largest absolute Gasteiger partial charge is 0.411 e. The fourth-order valence-electron chi connectivity index (χ4n) is 1.90. The molecule has 0 aliphatic heterocycles. The molecule has 1 heterocycles. The molecule has 6 heteroatoms. The van der Waals surface area contributed by atoms with Crippen LogP contribution in [0.4, 0.5) is 13.2 Å². The summed E-state index contributed by atoms with van der Waals surface area (Å²) in [4.78, 5) is 16.2. The van der Waals surface area contributed by atoms with Crippen molar-refractivity contribution >= 4 is 16.7 Å². The highest BCUT2D eigenvalue weighted by Gasteiger charge is 2.27. The molecule has 0 saturated carbocycles. The fourth-order valence-corrected chi connectivity index (χ4v) is 1.90. The van der Waals surface area contributed by atoms with E-state index < -0.39 is 12.8 Å². The molecule has 0 amide bonds. The van der Waals surface area contributed by atoms with Crippen LogP contribution in [-0.4, -0.2) is 30.2 Å². The van der Waals surface area contributed by atoms with Crippen molar-refractivity contribution in [3.63, 3.8) is 0 Å². The van der Waals surface area contributed by atoms with Crippen molar-refractivity contribution in [2.24, 2.45) is 0 Å². The predicted molar refractivity (Wildman–Crippen MR) is 72.3 cm³/mol. The molecule has 0 atom stereocenters. The molecule has 21 heavy (non-hydrogen) atoms. The third-order valence-electron chi connectivity index (χ3n) is 2.89. The van der Waals surface area contributed by atoms with Crippen molar-refractivity contribution in [3.8, 4) is 0 Å². The van der Waals surface area contributed by atoms with Gasteiger partial charge in [0.15, 0.2) is 5.78 Å². The molecule has 2 aromatic rings. The number of carbonyl (C=O) groups is 1. The topological polar surface area (TPSA) is 39.2 Å². The van der Waals surface area contributed by atoms with Gasteiger partial charge in [0.25, 0.3) is 0 Å². The van der Waals surface area contributed by atoms with Gasteiger partial charge in [-0.2, -0.15) is 13.2 Å². The summed E-state index contributed by atoms with van der Waals surface area (Å²) < 4.78 is 40.1. The number of halogens is 3. The smallest absolute Gasteiger partial charge is 0.372 e. The molecule has 0 fully saturated rings. The average molecular weight is 297 g/mol. The lowest BCUT2D eigenvalue weighted by molar-refractivity contribution is -0.173. The van der Waals surface area contributed by atoms with Crippen LogP contribution < -0.4 is 0 Å². The van der Waals surface area contributed by atoms with Crippen LogP contribution >= 0.6 is 0 Å². The Morgan fingerprint density at radius 3 is 2.71 bits per heavy atom. The Morgan fingerprint density at radius 1 is 1.24 bits per heavy atom. The van der Waals surface area contributed by atoms with E-state index >= 15 is 0 Å². The second kappa shape index (κ2) is 6.22. The van der Waals surface area contributed by atoms with Crippen LogP contribution in [0, 0.1) is 6.92 Å². The zero-order chi connectivity index (χ0) is 15.5. The molecule has 3 nitrogen and oxygen atoms in total. The number of alkyl halides is 3. The minimum atomic E-state index is -4.37. The summed E-state index contributed by atoms with van der Waals surface area (Å²) in [5.41, 5.74) is 2.10. The van der Waals surface area contributed by atoms with Crippen LogP contribution in [0.15, 0.2) is 30.3 Å². The summed E-state index contributed by atoms with van der Waals surface area (Å²) in [6.45, 7) is 0.292. The normalized spacial score (nSPS) is 11.8. The van der Waals surface area contributed by atoms with Crippen LogP contribution in [0.2, 0.25) is 0 Å². The van der Waals surface area contributed by atoms with E-state index in [1.807, 2.05) is 19.1 Å². The first-order valence-corrected chi connectivity index (χ1v) is 6.40. The number of carbonyl (C=O) groups excluding carboxylic acids is 1. The molecule has 1 aromatic carbocycles. The number of nitrogens with zero attached hydrogens (tertiary/aromatic N) is 1. The summed E-state index contributed by atoms with van der Waals surface area (Å²) in [5.74, 6) is -0.250. The average Bonchev–Trinajstić information content (AvgIpc) is 2.41. The second-order valence-electron chi connectivity index (χ2n) is 4.70. The van der Waals surface area contributed by atoms with Gasteiger partial charge in [-0.1, -0.05) is 6.07 Å². The van der Waals surface area contributed by atoms with E-state index in [1.165, 1.54) is 0 Å². The maximum absolute atomic E-state index is 11.9. The first-order chi connectivity index (χ1) is 9.85. The number of ether oxygens (including phenoxy) is 1. The molecule has 0 aliphatic rings. The van der Waals surface area contributed by atoms with Gasteiger partial charge in [0.05, 0.1) is 12.1 Å². The first-order valence-electron chi connectivity index (χ1n) is 6.40. The summed E-state index contributed by atoms with van der Waals surface area (Å²) in [5, 5.41) is 0.822. The Morgan fingerprint density at radius 2 is 2.00 bits per heavy atom. The Kier molecular flexibility index (Phi) is 4.57. The van der Waals surface area contributed by atoms with Gasteiger partial charge in [-0.05, 0) is 31.2 Å². The lowest BCUT2D eigenvalue weighted by Crippen LogP contribution is -2.18. The Hall–Kier alpha value is -1.95. The van der Waals surface area contributed by atoms with Gasteiger partial charge in [0, 0.05) is 23.1 Å². The standard InChI is InChI=1S/C15H14F3NO2/c1-10-2-3-11-8-12(4-5-13(11)19-10)14(20)6-7-21-9-15(16,17)18/h2-5,8H,6-7,9H2,1H3. The van der Waals surface area contributed by atoms with Crippen molar-refractivity contribution in [1.29, 1.82) is 0 Å². The molecule has 112 valence electrons. The van der Waals surface area contributed by atoms with Gasteiger partial charge in [0.2, 0.25) is 0 Å². The van der Waals surface area contributed by atoms with Gasteiger partial charge in [-0.3, -0.25) is 9.78 Å². The SMILES string of the molecule is Cc1ccc2cc(C(=O)CCOCC(F)(F)F)ccc2n1. The third-order valence-corrected chi connectivity index (χ3v) is 2.89. The van der Waals surface area contributed by atoms with E-state index in [9.17, 15) is 18.0 Å². The van der Waals surface area contributed by atoms with Gasteiger partial charge in [0.1, 0.15) is 6.61 Å². The third kappa shape index (κ3) is 4.53. The van der Waals surface area contributed by atoms with Crippen LogP contribution in [0.25, 0.3) is 10.9 Å². The lowest BCUT2D eigenvalue weighted by Gasteiger charge is -2.07. The van der Waals surface area contributed by atoms with Gasteiger partial charge < -0.3 is 4.74 Å². The molecule has 0 unspecified atom stereocenters. The lowest BCUT2D eigenvalue weighted by atomic mass is 10.1. The highest BCUT2D eigenvalue weighted by molar-refractivity contribution is 5.99. The van der Waals surface area contributed by atoms with Crippen LogP contribution in [0.3, 0.4) is 0 Å². The van der Waals surface area contributed by atoms with Crippen LogP contribution in [0.5, 0.6) is 0 Å². The van der Waals surface area contributed by atoms with Gasteiger partial charge in [-0.25, -0.2) is 0 Å². The molecule has 0 aliphatic carbocycles. The fraction of sp³-hybridized carbons (Fsp3) is 0.333. The maximum Gasteiger partial charge on any atom is 0.411 e. The van der Waals surface area contributed by atoms with E-state index in [-0.39, 0.29) is 18.8 Å². The number of ketones is 1. The zero-order valence-corrected chi connectivity index (χ0v) is 11.4. The van der Waals surface area contributed by atoms with Crippen LogP contribution in [0.1, 0.15) is 22.5 Å². The maximum atomic E-state index is 11.9. The number of hydrogen-bond acceptors (Lipinski definition) is 3. The Bertz CT molecular complexity index is 653. The number of rotatable bonds is 5. The van der Waals surface area contributed by atoms with E-state index in [0.29, 0.717) is 5.56 Å². The molecule has 0 radical (unpaired) electrons. The molecular formula is C15H14F3NO2. The predicted octanol–water partition coefficient (Wildman–Crippen LogP) is 3.69. The summed E-state index contributed by atoms with van der Waals surface area (Å²) in [6.07, 6.45) is -4.45. The number of benzene rings is 1. The van der Waals surface area contributed by atoms with E-state index in [1.54, 1.807) is 18.2 Å². The van der Waals surface area contributed by atoms with E-state index in [0.717, 1.165) is 16.6 Å². The molecule has 0 saturated heterocycles. The molecule has 2 rings (SSSR count). The summed E-state index contributed by atoms with van der Waals surface area (Å²) in [7, 11) is 0. The monoisotopic (exact) mass is 297 g/mol. The highest BCUT2D eigenvalue weighted by Crippen LogP contribution is 2.17. The quantitative estimate of drug-likeness (QED) is 0.624. The number of hydrogen-bond donors (Lipinski definition) is 0. The first kappa shape index (κ1) is 15.4. The van der Waals surface area contributed by atoms with Gasteiger partial charge in [-0.15, -0.1) is 0 Å². The number of aryl methyl sites for hydroxylation is 1. The van der Waals surface area contributed by atoms with E-state index in [4.69, 9.17) is 0 Å². The van der Waals surface area contributed by atoms with E-state index in [2.05, 4.69) is 9.72 Å². The minimum Gasteiger partial charge on any atom is -0.372 e. The number of aromatic nitrogens is 1. The Balaban J connectivity index is 1.98. The summed E-state index contributed by atoms with van der Waals surface area (Å²) >= 11 is 0. The number of fused-ring (bicyclic) bond motifs is 1. The van der Waals surface area contributed by atoms with Crippen molar-refractivity contribution in [2.45, 2.75) is 19.5 Å². The molecule has 0 spiro atoms. The highest BCUT2D eigenvalue weighted by atomic mass is 19.4. The number of pyridine rings is 1. The molecule has 0 N–H and O–H groups in total. The molecule has 1 aromatic heterocycles. The van der Waals surface area contributed by atoms with Crippen LogP contribution in [-0.2, 0) is 4.74 Å². The molecular weight excluding hydrogens is 283 g/mol. The Labute approximate surface area is 119 Å². The van der Waals surface area contributed by atoms with Crippen molar-refractivity contribution in [1.82, 2.24) is 4.98 Å². The second-order valence-corrected chi connectivity index (χ2v) is 4.70. The van der Waals surface area contributed by atoms with Crippen molar-refractivity contribution in [3.05, 3.63) is 41.6 Å². The zero-order valence-electron chi connectivity index (χ0n) is 11.4. The van der Waals surface area contributed by atoms with Crippen molar-refractivity contribution < 1.29 is 22.7 Å².